The maximum atomic E-state index is 13.5. The van der Waals surface area contributed by atoms with Crippen LogP contribution in [0.3, 0.4) is 0 Å². The maximum Gasteiger partial charge on any atom is 0.418 e. The van der Waals surface area contributed by atoms with Gasteiger partial charge in [-0.25, -0.2) is 19.9 Å². The van der Waals surface area contributed by atoms with Crippen LogP contribution in [0.25, 0.3) is 55.6 Å². The number of rotatable bonds is 6. The second-order valence-electron chi connectivity index (χ2n) is 16.0. The summed E-state index contributed by atoms with van der Waals surface area (Å²) >= 11 is 0. The average Bonchev–Trinajstić information content (AvgIpc) is 4.07. The summed E-state index contributed by atoms with van der Waals surface area (Å²) in [6.07, 6.45) is 7.51. The summed E-state index contributed by atoms with van der Waals surface area (Å²) < 4.78 is 44.2. The third-order valence-electron chi connectivity index (χ3n) is 12.4. The summed E-state index contributed by atoms with van der Waals surface area (Å²) in [4.78, 5) is 46.9. The second kappa shape index (κ2) is 15.6. The zero-order valence-electron chi connectivity index (χ0n) is 33.0. The quantitative estimate of drug-likeness (QED) is 0.0926. The molecule has 0 saturated heterocycles. The van der Waals surface area contributed by atoms with E-state index in [2.05, 4.69) is 26.0 Å². The summed E-state index contributed by atoms with van der Waals surface area (Å²) in [5, 5.41) is 29.3. The van der Waals surface area contributed by atoms with E-state index in [1.54, 1.807) is 36.8 Å². The number of hydrogen-bond acceptors (Lipinski definition) is 9. The highest BCUT2D eigenvalue weighted by Crippen LogP contribution is 2.42. The molecule has 2 fully saturated rings. The number of nitriles is 1. The number of nitrogens with one attached hydrogen (secondary N) is 2. The number of carboxylic acid groups (broad SMARTS) is 2. The van der Waals surface area contributed by atoms with Crippen LogP contribution in [-0.2, 0) is 15.8 Å². The van der Waals surface area contributed by atoms with Crippen LogP contribution in [0.4, 0.5) is 24.8 Å². The first-order valence-corrected chi connectivity index (χ1v) is 20.2. The largest absolute Gasteiger partial charge is 0.481 e. The van der Waals surface area contributed by atoms with Crippen LogP contribution in [0.5, 0.6) is 0 Å². The molecule has 0 amide bonds. The molecule has 0 bridgehead atoms. The number of nitrogens with zero attached hydrogens (tertiary/aromatic N) is 7. The fourth-order valence-corrected chi connectivity index (χ4v) is 9.22. The molecular formula is C44H40F3N11O4. The topological polar surface area (TPSA) is 242 Å². The number of aromatic nitrogens is 8. The van der Waals surface area contributed by atoms with Crippen molar-refractivity contribution in [3.05, 3.63) is 96.1 Å². The number of aliphatic carboxylic acids is 2. The first-order chi connectivity index (χ1) is 29.8. The van der Waals surface area contributed by atoms with Crippen molar-refractivity contribution in [3.8, 4) is 28.8 Å². The number of aromatic amines is 2. The van der Waals surface area contributed by atoms with Crippen molar-refractivity contribution in [2.45, 2.75) is 69.4 Å². The predicted octanol–water partition coefficient (Wildman–Crippen LogP) is 8.53. The lowest BCUT2D eigenvalue weighted by Gasteiger charge is -2.25. The highest BCUT2D eigenvalue weighted by molar-refractivity contribution is 5.94. The second-order valence-corrected chi connectivity index (χ2v) is 16.0. The lowest BCUT2D eigenvalue weighted by molar-refractivity contribution is -0.143. The monoisotopic (exact) mass is 843 g/mol. The molecule has 8 N–H and O–H groups in total. The lowest BCUT2D eigenvalue weighted by Crippen LogP contribution is -2.21. The zero-order chi connectivity index (χ0) is 43.4. The van der Waals surface area contributed by atoms with Gasteiger partial charge in [-0.05, 0) is 75.6 Å². The number of carboxylic acids is 2. The first kappa shape index (κ1) is 40.0. The van der Waals surface area contributed by atoms with E-state index < -0.39 is 23.7 Å². The van der Waals surface area contributed by atoms with Crippen molar-refractivity contribution in [3.63, 3.8) is 0 Å². The molecule has 2 aliphatic carbocycles. The lowest BCUT2D eigenvalue weighted by atomic mass is 9.81. The van der Waals surface area contributed by atoms with Crippen molar-refractivity contribution in [1.82, 2.24) is 38.7 Å². The fraction of sp³-hybridized carbons (Fsp3) is 0.295. The maximum absolute atomic E-state index is 13.5. The molecule has 15 nitrogen and oxygen atoms in total. The van der Waals surface area contributed by atoms with Crippen LogP contribution in [0.1, 0.15) is 86.0 Å². The normalized spacial score (nSPS) is 19.4. The molecule has 2 saturated carbocycles. The van der Waals surface area contributed by atoms with Crippen LogP contribution in [0, 0.1) is 23.2 Å². The summed E-state index contributed by atoms with van der Waals surface area (Å²) in [5.74, 6) is 0.201. The Morgan fingerprint density at radius 2 is 1.16 bits per heavy atom. The smallest absolute Gasteiger partial charge is 0.418 e. The average molecular weight is 844 g/mol. The van der Waals surface area contributed by atoms with Crippen LogP contribution < -0.4 is 11.5 Å². The number of anilines is 2. The zero-order valence-corrected chi connectivity index (χ0v) is 33.0. The Balaban J connectivity index is 0.000000158. The molecule has 18 heteroatoms. The van der Waals surface area contributed by atoms with Crippen LogP contribution in [0.2, 0.25) is 0 Å². The summed E-state index contributed by atoms with van der Waals surface area (Å²) in [7, 11) is 0. The number of fused-ring (bicyclic) bond motifs is 4. The van der Waals surface area contributed by atoms with Gasteiger partial charge in [-0.15, -0.1) is 0 Å². The van der Waals surface area contributed by atoms with E-state index in [1.807, 2.05) is 33.2 Å². The Labute approximate surface area is 350 Å². The number of carbonyl (C=O) groups is 2. The number of hydrogen-bond donors (Lipinski definition) is 6. The van der Waals surface area contributed by atoms with Gasteiger partial charge >= 0.3 is 18.1 Å². The number of nitrogen functional groups attached to an aromatic ring is 2. The molecule has 316 valence electrons. The van der Waals surface area contributed by atoms with Gasteiger partial charge in [0.25, 0.3) is 0 Å². The Hall–Kier alpha value is -7.42. The minimum absolute atomic E-state index is 0.0119. The van der Waals surface area contributed by atoms with E-state index in [0.717, 1.165) is 46.8 Å². The minimum Gasteiger partial charge on any atom is -0.481 e. The number of benzene rings is 2. The number of alkyl halides is 3. The number of halogens is 3. The molecule has 0 aliphatic heterocycles. The molecule has 2 aromatic carbocycles. The Morgan fingerprint density at radius 3 is 1.61 bits per heavy atom. The molecule has 10 rings (SSSR count). The molecule has 0 unspecified atom stereocenters. The van der Waals surface area contributed by atoms with Crippen molar-refractivity contribution >= 4 is 56.4 Å². The molecule has 6 heterocycles. The molecule has 6 aromatic heterocycles. The summed E-state index contributed by atoms with van der Waals surface area (Å²) in [6, 6.07) is 15.4. The third-order valence-corrected chi connectivity index (χ3v) is 12.4. The molecule has 0 spiro atoms. The Morgan fingerprint density at radius 1 is 0.710 bits per heavy atom. The molecule has 0 radical (unpaired) electrons. The van der Waals surface area contributed by atoms with E-state index in [1.165, 1.54) is 6.07 Å². The molecule has 2 aliphatic rings. The number of H-pyrrole nitrogens is 2. The van der Waals surface area contributed by atoms with Gasteiger partial charge in [0.2, 0.25) is 0 Å². The molecule has 8 aromatic rings. The van der Waals surface area contributed by atoms with Crippen molar-refractivity contribution in [2.24, 2.45) is 11.8 Å². The number of para-hydroxylation sites is 2. The van der Waals surface area contributed by atoms with E-state index in [0.29, 0.717) is 83.7 Å². The number of imidazole rings is 2. The van der Waals surface area contributed by atoms with E-state index in [9.17, 15) is 38.2 Å². The molecular weight excluding hydrogens is 804 g/mol. The first-order valence-electron chi connectivity index (χ1n) is 20.2. The van der Waals surface area contributed by atoms with Crippen LogP contribution in [0.15, 0.2) is 73.3 Å². The van der Waals surface area contributed by atoms with Gasteiger partial charge in [-0.1, -0.05) is 24.3 Å². The van der Waals surface area contributed by atoms with Crippen LogP contribution in [-0.4, -0.2) is 60.9 Å². The van der Waals surface area contributed by atoms with Gasteiger partial charge in [0.15, 0.2) is 0 Å². The van der Waals surface area contributed by atoms with Gasteiger partial charge in [0, 0.05) is 47.4 Å². The summed E-state index contributed by atoms with van der Waals surface area (Å²) in [6.45, 7) is 0. The molecule has 0 atom stereocenters. The van der Waals surface area contributed by atoms with E-state index in [-0.39, 0.29) is 35.0 Å². The highest BCUT2D eigenvalue weighted by atomic mass is 19.4. The van der Waals surface area contributed by atoms with E-state index in [4.69, 9.17) is 21.4 Å². The number of nitrogens with two attached hydrogens (primary N) is 2. The van der Waals surface area contributed by atoms with E-state index >= 15 is 0 Å². The SMILES string of the molecule is N#Cc1cccc2cc(-c3nc(C4CCC(C(=O)O)CC4)n4ccnc(N)c34)[nH]c12.Nc1nccn2c(C3CCC(C(=O)O)CC3)nc(-c3cc4cccc(C(F)(F)F)c4[nH]3)c12. The Kier molecular flexibility index (Phi) is 10.0. The van der Waals surface area contributed by atoms with Gasteiger partial charge in [0.1, 0.15) is 51.8 Å². The third kappa shape index (κ3) is 7.08. The van der Waals surface area contributed by atoms with Crippen molar-refractivity contribution < 1.29 is 33.0 Å². The predicted molar refractivity (Wildman–Crippen MR) is 224 cm³/mol. The summed E-state index contributed by atoms with van der Waals surface area (Å²) in [5.41, 5.74) is 16.5. The fourth-order valence-electron chi connectivity index (χ4n) is 9.22. The van der Waals surface area contributed by atoms with Gasteiger partial charge in [-0.2, -0.15) is 18.4 Å². The molecule has 62 heavy (non-hydrogen) atoms. The van der Waals surface area contributed by atoms with Gasteiger partial charge < -0.3 is 31.6 Å². The van der Waals surface area contributed by atoms with Gasteiger partial charge in [0.05, 0.1) is 45.4 Å². The highest BCUT2D eigenvalue weighted by Gasteiger charge is 2.35. The van der Waals surface area contributed by atoms with Crippen LogP contribution >= 0.6 is 0 Å². The standard InChI is InChI=1S/C22H20F3N5O2.C22H20N6O2/c23-22(24,25)14-3-1-2-13-10-15(28-16(13)14)17-18-19(26)27-8-9-30(18)20(29-17)11-4-6-12(7-5-11)21(31)32;23-11-15-3-1-2-14-10-16(26-17(14)15)18-19-20(24)25-8-9-28(19)21(27-18)12-4-6-13(7-5-12)22(29)30/h1-3,8-12,28H,4-7H2,(H2,26,27)(H,31,32);1-3,8-10,12-13,26H,4-7H2,(H2,24,25)(H,29,30). The van der Waals surface area contributed by atoms with Crippen molar-refractivity contribution in [2.75, 3.05) is 11.5 Å². The minimum atomic E-state index is -4.49. The Bertz CT molecular complexity index is 3070. The van der Waals surface area contributed by atoms with Crippen molar-refractivity contribution in [1.29, 1.82) is 5.26 Å². The van der Waals surface area contributed by atoms with Gasteiger partial charge in [-0.3, -0.25) is 18.4 Å².